The molecule has 0 atom stereocenters. The molecule has 34 heavy (non-hydrogen) atoms. The molecule has 7 nitrogen and oxygen atoms in total. The molecule has 0 unspecified atom stereocenters. The fraction of sp³-hybridized carbons (Fsp3) is 0.250. The Morgan fingerprint density at radius 3 is 2.76 bits per heavy atom. The van der Waals surface area contributed by atoms with Gasteiger partial charge in [0.1, 0.15) is 5.82 Å². The number of aromatic nitrogens is 3. The highest BCUT2D eigenvalue weighted by Gasteiger charge is 2.31. The quantitative estimate of drug-likeness (QED) is 0.381. The van der Waals surface area contributed by atoms with E-state index in [0.29, 0.717) is 10.9 Å². The van der Waals surface area contributed by atoms with Gasteiger partial charge in [-0.05, 0) is 74.1 Å². The van der Waals surface area contributed by atoms with Crippen LogP contribution in [0.15, 0.2) is 59.4 Å². The molecule has 1 saturated heterocycles. The Morgan fingerprint density at radius 1 is 1.29 bits per heavy atom. The van der Waals surface area contributed by atoms with Crippen molar-refractivity contribution in [3.8, 4) is 0 Å². The van der Waals surface area contributed by atoms with Crippen LogP contribution in [0, 0.1) is 0 Å². The standard InChI is InChI=1S/C24H23F3N6O/c1-15(10-16(13-28-2)14-33-8-3-9-33)17-4-5-20-19(11-17)22(32-31-20)23(34)30-21-12-18(6-7-29-21)24(25,26)27/h4-7,10-13H,2-3,8-9,14H2,1H3,(H,31,32)(H,29,30,34)/b15-10+,16-13+. The lowest BCUT2D eigenvalue weighted by Gasteiger charge is -2.30. The van der Waals surface area contributed by atoms with Crippen molar-refractivity contribution in [1.82, 2.24) is 20.1 Å². The number of carbonyl (C=O) groups excluding carboxylic acids is 1. The molecule has 10 heteroatoms. The van der Waals surface area contributed by atoms with Gasteiger partial charge in [0.15, 0.2) is 5.69 Å². The van der Waals surface area contributed by atoms with Gasteiger partial charge in [-0.2, -0.15) is 18.3 Å². The number of fused-ring (bicyclic) bond motifs is 1. The molecule has 3 aromatic rings. The normalized spacial score (nSPS) is 15.3. The highest BCUT2D eigenvalue weighted by molar-refractivity contribution is 6.11. The molecular formula is C24H23F3N6O. The minimum Gasteiger partial charge on any atom is -0.305 e. The van der Waals surface area contributed by atoms with E-state index in [1.165, 1.54) is 6.42 Å². The Hall–Kier alpha value is -3.79. The van der Waals surface area contributed by atoms with Gasteiger partial charge in [0.05, 0.1) is 11.1 Å². The number of hydrogen-bond donors (Lipinski definition) is 2. The fourth-order valence-corrected chi connectivity index (χ4v) is 3.68. The van der Waals surface area contributed by atoms with E-state index in [-0.39, 0.29) is 11.5 Å². The first-order valence-electron chi connectivity index (χ1n) is 10.6. The van der Waals surface area contributed by atoms with Crippen molar-refractivity contribution < 1.29 is 18.0 Å². The van der Waals surface area contributed by atoms with Gasteiger partial charge < -0.3 is 5.32 Å². The molecule has 1 aliphatic rings. The number of alkyl halides is 3. The molecule has 0 aliphatic carbocycles. The molecule has 0 saturated carbocycles. The first kappa shape index (κ1) is 23.4. The molecule has 1 aromatic carbocycles. The second-order valence-corrected chi connectivity index (χ2v) is 8.06. The Labute approximate surface area is 194 Å². The van der Waals surface area contributed by atoms with Crippen LogP contribution in [0.5, 0.6) is 0 Å². The topological polar surface area (TPSA) is 86.3 Å². The number of amides is 1. The highest BCUT2D eigenvalue weighted by Crippen LogP contribution is 2.30. The summed E-state index contributed by atoms with van der Waals surface area (Å²) in [5, 5.41) is 9.80. The van der Waals surface area contributed by atoms with Crippen molar-refractivity contribution in [3.63, 3.8) is 0 Å². The van der Waals surface area contributed by atoms with Crippen LogP contribution in [0.1, 0.15) is 35.0 Å². The Balaban J connectivity index is 1.59. The Bertz CT molecular complexity index is 1290. The van der Waals surface area contributed by atoms with E-state index >= 15 is 0 Å². The molecule has 0 bridgehead atoms. The summed E-state index contributed by atoms with van der Waals surface area (Å²) in [6.07, 6.45) is 1.41. The van der Waals surface area contributed by atoms with Crippen molar-refractivity contribution in [3.05, 3.63) is 71.2 Å². The number of halogens is 3. The van der Waals surface area contributed by atoms with Gasteiger partial charge in [0, 0.05) is 24.3 Å². The van der Waals surface area contributed by atoms with Crippen molar-refractivity contribution in [2.75, 3.05) is 25.0 Å². The number of pyridine rings is 1. The van der Waals surface area contributed by atoms with Gasteiger partial charge >= 0.3 is 6.18 Å². The monoisotopic (exact) mass is 468 g/mol. The average molecular weight is 468 g/mol. The maximum Gasteiger partial charge on any atom is 0.416 e. The average Bonchev–Trinajstić information content (AvgIpc) is 3.19. The zero-order valence-electron chi connectivity index (χ0n) is 18.5. The van der Waals surface area contributed by atoms with E-state index in [4.69, 9.17) is 0 Å². The highest BCUT2D eigenvalue weighted by atomic mass is 19.4. The van der Waals surface area contributed by atoms with Crippen LogP contribution in [0.3, 0.4) is 0 Å². The third-order valence-electron chi connectivity index (χ3n) is 5.58. The summed E-state index contributed by atoms with van der Waals surface area (Å²) < 4.78 is 38.9. The van der Waals surface area contributed by atoms with E-state index in [2.05, 4.69) is 37.1 Å². The number of allylic oxidation sites excluding steroid dienone is 1. The Kier molecular flexibility index (Phi) is 6.60. The number of H-pyrrole nitrogens is 1. The summed E-state index contributed by atoms with van der Waals surface area (Å²) in [6, 6.07) is 7.16. The SMILES string of the molecule is C=N/C=C(\C=C(/C)c1ccc2[nH]nc(C(=O)Nc3cc(C(F)(F)F)ccn3)c2c1)CN1CCC1. The summed E-state index contributed by atoms with van der Waals surface area (Å²) in [4.78, 5) is 22.8. The predicted octanol–water partition coefficient (Wildman–Crippen LogP) is 4.92. The fourth-order valence-electron chi connectivity index (χ4n) is 3.68. The number of nitrogens with zero attached hydrogens (tertiary/aromatic N) is 4. The summed E-state index contributed by atoms with van der Waals surface area (Å²) >= 11 is 0. The molecule has 2 aromatic heterocycles. The molecule has 0 radical (unpaired) electrons. The number of hydrogen-bond acceptors (Lipinski definition) is 5. The van der Waals surface area contributed by atoms with Gasteiger partial charge in [-0.1, -0.05) is 12.1 Å². The van der Waals surface area contributed by atoms with E-state index in [9.17, 15) is 18.0 Å². The van der Waals surface area contributed by atoms with Crippen LogP contribution in [-0.2, 0) is 6.18 Å². The lowest BCUT2D eigenvalue weighted by Crippen LogP contribution is -2.38. The molecule has 3 heterocycles. The minimum absolute atomic E-state index is 0.0629. The van der Waals surface area contributed by atoms with E-state index in [1.807, 2.05) is 25.1 Å². The largest absolute Gasteiger partial charge is 0.416 e. The second kappa shape index (κ2) is 9.60. The molecule has 1 amide bonds. The summed E-state index contributed by atoms with van der Waals surface area (Å²) in [5.74, 6) is -0.869. The molecule has 1 fully saturated rings. The minimum atomic E-state index is -4.54. The number of rotatable bonds is 7. The first-order chi connectivity index (χ1) is 16.2. The van der Waals surface area contributed by atoms with Gasteiger partial charge in [-0.25, -0.2) is 4.98 Å². The molecule has 176 valence electrons. The third-order valence-corrected chi connectivity index (χ3v) is 5.58. The number of likely N-dealkylation sites (tertiary alicyclic amines) is 1. The maximum atomic E-state index is 13.0. The van der Waals surface area contributed by atoms with Crippen LogP contribution in [0.4, 0.5) is 19.0 Å². The summed E-state index contributed by atoms with van der Waals surface area (Å²) in [6.45, 7) is 8.40. The van der Waals surface area contributed by atoms with Crippen LogP contribution >= 0.6 is 0 Å². The lowest BCUT2D eigenvalue weighted by atomic mass is 10.0. The molecule has 2 N–H and O–H groups in total. The van der Waals surface area contributed by atoms with E-state index < -0.39 is 17.6 Å². The van der Waals surface area contributed by atoms with Crippen molar-refractivity contribution >= 4 is 34.9 Å². The number of benzene rings is 1. The zero-order valence-corrected chi connectivity index (χ0v) is 18.5. The predicted molar refractivity (Wildman–Crippen MR) is 126 cm³/mol. The van der Waals surface area contributed by atoms with Crippen LogP contribution in [0.25, 0.3) is 16.5 Å². The number of aromatic amines is 1. The first-order valence-corrected chi connectivity index (χ1v) is 10.6. The van der Waals surface area contributed by atoms with E-state index in [1.54, 1.807) is 12.3 Å². The summed E-state index contributed by atoms with van der Waals surface area (Å²) in [7, 11) is 0. The van der Waals surface area contributed by atoms with E-state index in [0.717, 1.165) is 54.7 Å². The Morgan fingerprint density at radius 2 is 2.09 bits per heavy atom. The molecule has 4 rings (SSSR count). The summed E-state index contributed by atoms with van der Waals surface area (Å²) in [5.41, 5.74) is 2.65. The van der Waals surface area contributed by atoms with Crippen LogP contribution in [-0.4, -0.2) is 52.3 Å². The molecule has 0 spiro atoms. The number of nitrogens with one attached hydrogen (secondary N) is 2. The van der Waals surface area contributed by atoms with Gasteiger partial charge in [0.25, 0.3) is 5.91 Å². The number of carbonyl (C=O) groups is 1. The lowest BCUT2D eigenvalue weighted by molar-refractivity contribution is -0.137. The van der Waals surface area contributed by atoms with Gasteiger partial charge in [-0.15, -0.1) is 0 Å². The third kappa shape index (κ3) is 5.23. The zero-order chi connectivity index (χ0) is 24.3. The van der Waals surface area contributed by atoms with Crippen molar-refractivity contribution in [1.29, 1.82) is 0 Å². The number of aliphatic imine (C=N–C) groups is 1. The van der Waals surface area contributed by atoms with Gasteiger partial charge in [0.2, 0.25) is 0 Å². The van der Waals surface area contributed by atoms with Crippen molar-refractivity contribution in [2.45, 2.75) is 19.5 Å². The molecule has 1 aliphatic heterocycles. The smallest absolute Gasteiger partial charge is 0.305 e. The maximum absolute atomic E-state index is 13.0. The second-order valence-electron chi connectivity index (χ2n) is 8.06. The van der Waals surface area contributed by atoms with Crippen LogP contribution < -0.4 is 5.32 Å². The van der Waals surface area contributed by atoms with Crippen molar-refractivity contribution in [2.24, 2.45) is 4.99 Å². The molecular weight excluding hydrogens is 445 g/mol. The number of anilines is 1. The van der Waals surface area contributed by atoms with Crippen LogP contribution in [0.2, 0.25) is 0 Å². The van der Waals surface area contributed by atoms with Gasteiger partial charge in [-0.3, -0.25) is 19.8 Å².